The Morgan fingerprint density at radius 2 is 2.00 bits per heavy atom. The van der Waals surface area contributed by atoms with Gasteiger partial charge in [-0.25, -0.2) is 4.98 Å². The third kappa shape index (κ3) is 3.32. The quantitative estimate of drug-likeness (QED) is 0.938. The van der Waals surface area contributed by atoms with E-state index in [1.807, 2.05) is 37.4 Å². The zero-order valence-corrected chi connectivity index (χ0v) is 12.4. The van der Waals surface area contributed by atoms with E-state index in [1.54, 1.807) is 6.20 Å². The Bertz CT molecular complexity index is 609. The van der Waals surface area contributed by atoms with Gasteiger partial charge in [-0.1, -0.05) is 25.0 Å². The van der Waals surface area contributed by atoms with E-state index in [4.69, 9.17) is 0 Å². The van der Waals surface area contributed by atoms with E-state index in [9.17, 15) is 4.79 Å². The van der Waals surface area contributed by atoms with Crippen LogP contribution in [0.4, 0.5) is 0 Å². The third-order valence-corrected chi connectivity index (χ3v) is 4.18. The van der Waals surface area contributed by atoms with E-state index in [-0.39, 0.29) is 5.91 Å². The molecule has 4 heteroatoms. The molecule has 1 aromatic carbocycles. The Balaban J connectivity index is 1.63. The number of nitrogens with one attached hydrogen (secondary N) is 1. The van der Waals surface area contributed by atoms with E-state index < -0.39 is 0 Å². The summed E-state index contributed by atoms with van der Waals surface area (Å²) in [5.74, 6) is 1.05. The highest BCUT2D eigenvalue weighted by atomic mass is 16.1. The van der Waals surface area contributed by atoms with Gasteiger partial charge in [0.1, 0.15) is 5.82 Å². The monoisotopic (exact) mass is 283 g/mol. The molecule has 1 aliphatic rings. The molecule has 1 N–H and O–H groups in total. The van der Waals surface area contributed by atoms with Gasteiger partial charge in [0.05, 0.1) is 0 Å². The lowest BCUT2D eigenvalue weighted by Crippen LogP contribution is -2.32. The second kappa shape index (κ2) is 6.12. The fourth-order valence-corrected chi connectivity index (χ4v) is 2.87. The summed E-state index contributed by atoms with van der Waals surface area (Å²) in [4.78, 5) is 16.4. The lowest BCUT2D eigenvalue weighted by molar-refractivity contribution is 0.0938. The van der Waals surface area contributed by atoms with Gasteiger partial charge in [-0.05, 0) is 37.5 Å². The molecule has 0 aliphatic heterocycles. The van der Waals surface area contributed by atoms with Crippen LogP contribution >= 0.6 is 0 Å². The summed E-state index contributed by atoms with van der Waals surface area (Å²) in [6, 6.07) is 8.22. The lowest BCUT2D eigenvalue weighted by atomic mass is 10.1. The molecule has 2 aromatic rings. The fraction of sp³-hybridized carbons (Fsp3) is 0.412. The molecule has 0 bridgehead atoms. The Morgan fingerprint density at radius 1 is 1.29 bits per heavy atom. The largest absolute Gasteiger partial charge is 0.349 e. The Hall–Kier alpha value is -2.10. The van der Waals surface area contributed by atoms with Gasteiger partial charge in [0, 0.05) is 30.5 Å². The van der Waals surface area contributed by atoms with Crippen molar-refractivity contribution in [1.29, 1.82) is 0 Å². The number of rotatable bonds is 4. The van der Waals surface area contributed by atoms with Gasteiger partial charge in [0.15, 0.2) is 0 Å². The number of benzene rings is 1. The van der Waals surface area contributed by atoms with E-state index in [2.05, 4.69) is 14.9 Å². The van der Waals surface area contributed by atoms with Gasteiger partial charge in [-0.2, -0.15) is 0 Å². The molecule has 0 radical (unpaired) electrons. The van der Waals surface area contributed by atoms with Crippen molar-refractivity contribution >= 4 is 5.91 Å². The molecular weight excluding hydrogens is 262 g/mol. The minimum absolute atomic E-state index is 0.0484. The predicted octanol–water partition coefficient (Wildman–Crippen LogP) is 2.91. The van der Waals surface area contributed by atoms with Crippen molar-refractivity contribution in [2.75, 3.05) is 0 Å². The molecule has 0 spiro atoms. The summed E-state index contributed by atoms with van der Waals surface area (Å²) in [5.41, 5.74) is 1.92. The summed E-state index contributed by atoms with van der Waals surface area (Å²) in [6.07, 6.45) is 8.46. The molecule has 21 heavy (non-hydrogen) atoms. The maximum Gasteiger partial charge on any atom is 0.251 e. The third-order valence-electron chi connectivity index (χ3n) is 4.18. The van der Waals surface area contributed by atoms with Crippen molar-refractivity contribution in [2.24, 2.45) is 0 Å². The van der Waals surface area contributed by atoms with Crippen molar-refractivity contribution < 1.29 is 4.79 Å². The second-order valence-corrected chi connectivity index (χ2v) is 5.75. The molecule has 3 rings (SSSR count). The molecule has 110 valence electrons. The average Bonchev–Trinajstić information content (AvgIpc) is 3.12. The maximum atomic E-state index is 12.2. The first-order chi connectivity index (χ1) is 10.2. The topological polar surface area (TPSA) is 46.9 Å². The standard InChI is InChI=1S/C17H21N3O/c1-13-18-10-11-20(13)12-14-6-8-15(9-7-14)17(21)19-16-4-2-3-5-16/h6-11,16H,2-5,12H2,1H3,(H,19,21). The number of aromatic nitrogens is 2. The molecule has 0 saturated heterocycles. The van der Waals surface area contributed by atoms with Crippen molar-refractivity contribution in [2.45, 2.75) is 45.2 Å². The minimum atomic E-state index is 0.0484. The average molecular weight is 283 g/mol. The van der Waals surface area contributed by atoms with Crippen LogP contribution in [-0.2, 0) is 6.54 Å². The molecule has 1 aliphatic carbocycles. The summed E-state index contributed by atoms with van der Waals surface area (Å²) >= 11 is 0. The molecule has 4 nitrogen and oxygen atoms in total. The van der Waals surface area contributed by atoms with Crippen LogP contribution in [0.5, 0.6) is 0 Å². The summed E-state index contributed by atoms with van der Waals surface area (Å²) in [5, 5.41) is 3.12. The zero-order valence-electron chi connectivity index (χ0n) is 12.4. The summed E-state index contributed by atoms with van der Waals surface area (Å²) in [6.45, 7) is 2.78. The lowest BCUT2D eigenvalue weighted by Gasteiger charge is -2.12. The second-order valence-electron chi connectivity index (χ2n) is 5.75. The minimum Gasteiger partial charge on any atom is -0.349 e. The van der Waals surface area contributed by atoms with Crippen molar-refractivity contribution in [1.82, 2.24) is 14.9 Å². The summed E-state index contributed by atoms with van der Waals surface area (Å²) < 4.78 is 2.09. The van der Waals surface area contributed by atoms with E-state index in [0.717, 1.165) is 30.8 Å². The molecule has 0 unspecified atom stereocenters. The van der Waals surface area contributed by atoms with Crippen LogP contribution in [0.1, 0.15) is 47.4 Å². The van der Waals surface area contributed by atoms with Gasteiger partial charge >= 0.3 is 0 Å². The molecule has 1 fully saturated rings. The smallest absolute Gasteiger partial charge is 0.251 e. The fourth-order valence-electron chi connectivity index (χ4n) is 2.87. The highest BCUT2D eigenvalue weighted by Gasteiger charge is 2.17. The van der Waals surface area contributed by atoms with Crippen LogP contribution < -0.4 is 5.32 Å². The van der Waals surface area contributed by atoms with Crippen LogP contribution in [0.2, 0.25) is 0 Å². The number of carbonyl (C=O) groups excluding carboxylic acids is 1. The number of hydrogen-bond acceptors (Lipinski definition) is 2. The highest BCUT2D eigenvalue weighted by Crippen LogP contribution is 2.18. The van der Waals surface area contributed by atoms with Gasteiger partial charge < -0.3 is 9.88 Å². The molecule has 1 aromatic heterocycles. The SMILES string of the molecule is Cc1nccn1Cc1ccc(C(=O)NC2CCCC2)cc1. The van der Waals surface area contributed by atoms with Gasteiger partial charge in [-0.15, -0.1) is 0 Å². The Morgan fingerprint density at radius 3 is 2.62 bits per heavy atom. The van der Waals surface area contributed by atoms with Crippen LogP contribution in [0, 0.1) is 6.92 Å². The van der Waals surface area contributed by atoms with Crippen LogP contribution in [0.3, 0.4) is 0 Å². The zero-order chi connectivity index (χ0) is 14.7. The first-order valence-electron chi connectivity index (χ1n) is 7.60. The van der Waals surface area contributed by atoms with E-state index in [0.29, 0.717) is 6.04 Å². The number of amides is 1. The van der Waals surface area contributed by atoms with Crippen LogP contribution in [-0.4, -0.2) is 21.5 Å². The number of aryl methyl sites for hydroxylation is 1. The Labute approximate surface area is 125 Å². The first-order valence-corrected chi connectivity index (χ1v) is 7.60. The van der Waals surface area contributed by atoms with Gasteiger partial charge in [0.2, 0.25) is 0 Å². The number of hydrogen-bond donors (Lipinski definition) is 1. The van der Waals surface area contributed by atoms with E-state index >= 15 is 0 Å². The Kier molecular flexibility index (Phi) is 4.04. The number of carbonyl (C=O) groups is 1. The molecule has 1 amide bonds. The summed E-state index contributed by atoms with van der Waals surface area (Å²) in [7, 11) is 0. The highest BCUT2D eigenvalue weighted by molar-refractivity contribution is 5.94. The van der Waals surface area contributed by atoms with Crippen LogP contribution in [0.15, 0.2) is 36.7 Å². The molecule has 1 heterocycles. The maximum absolute atomic E-state index is 12.2. The molecular formula is C17H21N3O. The number of imidazole rings is 1. The molecule has 0 atom stereocenters. The molecule has 1 saturated carbocycles. The van der Waals surface area contributed by atoms with Crippen molar-refractivity contribution in [3.63, 3.8) is 0 Å². The number of nitrogens with zero attached hydrogens (tertiary/aromatic N) is 2. The van der Waals surface area contributed by atoms with Crippen LogP contribution in [0.25, 0.3) is 0 Å². The van der Waals surface area contributed by atoms with Gasteiger partial charge in [0.25, 0.3) is 5.91 Å². The predicted molar refractivity (Wildman–Crippen MR) is 82.2 cm³/mol. The normalized spacial score (nSPS) is 15.3. The first kappa shape index (κ1) is 13.9. The van der Waals surface area contributed by atoms with Gasteiger partial charge in [-0.3, -0.25) is 4.79 Å². The van der Waals surface area contributed by atoms with Crippen molar-refractivity contribution in [3.05, 3.63) is 53.6 Å². The van der Waals surface area contributed by atoms with Crippen molar-refractivity contribution in [3.8, 4) is 0 Å². The van der Waals surface area contributed by atoms with E-state index in [1.165, 1.54) is 18.4 Å².